The van der Waals surface area contributed by atoms with Crippen LogP contribution in [0.1, 0.15) is 24.2 Å². The fourth-order valence-electron chi connectivity index (χ4n) is 2.26. The van der Waals surface area contributed by atoms with Gasteiger partial charge in [-0.3, -0.25) is 4.90 Å². The largest absolute Gasteiger partial charge is 0.387 e. The van der Waals surface area contributed by atoms with Gasteiger partial charge in [0, 0.05) is 12.6 Å². The topological polar surface area (TPSA) is 23.5 Å². The molecule has 110 valence electrons. The standard InChI is InChI=1S/C19H23NO/c1-16(19(21)18-13-7-4-8-14-18)20(2)15-9-12-17-10-5-3-6-11-17/h3-14,16,19,21H,15H2,1-2H3/b12-9+. The minimum Gasteiger partial charge on any atom is -0.387 e. The zero-order valence-electron chi connectivity index (χ0n) is 12.7. The van der Waals surface area contributed by atoms with E-state index in [1.165, 1.54) is 5.56 Å². The van der Waals surface area contributed by atoms with Crippen LogP contribution in [0.5, 0.6) is 0 Å². The number of hydrogen-bond acceptors (Lipinski definition) is 2. The highest BCUT2D eigenvalue weighted by Crippen LogP contribution is 2.19. The average molecular weight is 281 g/mol. The van der Waals surface area contributed by atoms with Crippen LogP contribution in [0.3, 0.4) is 0 Å². The van der Waals surface area contributed by atoms with Gasteiger partial charge in [-0.05, 0) is 25.1 Å². The number of likely N-dealkylation sites (N-methyl/N-ethyl adjacent to an activating group) is 1. The van der Waals surface area contributed by atoms with Crippen molar-refractivity contribution in [2.45, 2.75) is 19.1 Å². The molecule has 2 nitrogen and oxygen atoms in total. The lowest BCUT2D eigenvalue weighted by atomic mass is 10.0. The molecule has 0 aliphatic heterocycles. The molecular weight excluding hydrogens is 258 g/mol. The van der Waals surface area contributed by atoms with E-state index in [1.807, 2.05) is 62.5 Å². The number of hydrogen-bond donors (Lipinski definition) is 1. The van der Waals surface area contributed by atoms with Crippen LogP contribution in [0.25, 0.3) is 6.08 Å². The number of aliphatic hydroxyl groups excluding tert-OH is 1. The summed E-state index contributed by atoms with van der Waals surface area (Å²) in [6.45, 7) is 2.86. The molecule has 2 unspecified atom stereocenters. The van der Waals surface area contributed by atoms with Crippen molar-refractivity contribution in [2.75, 3.05) is 13.6 Å². The van der Waals surface area contributed by atoms with Crippen LogP contribution in [0.15, 0.2) is 66.7 Å². The summed E-state index contributed by atoms with van der Waals surface area (Å²) in [5, 5.41) is 10.4. The van der Waals surface area contributed by atoms with E-state index in [2.05, 4.69) is 29.2 Å². The molecule has 0 aliphatic rings. The molecule has 0 saturated heterocycles. The van der Waals surface area contributed by atoms with Gasteiger partial charge in [-0.15, -0.1) is 0 Å². The fraction of sp³-hybridized carbons (Fsp3) is 0.263. The molecule has 0 spiro atoms. The predicted molar refractivity (Wildman–Crippen MR) is 89.0 cm³/mol. The van der Waals surface area contributed by atoms with Crippen molar-refractivity contribution < 1.29 is 5.11 Å². The molecule has 0 amide bonds. The molecule has 0 aliphatic carbocycles. The van der Waals surface area contributed by atoms with Crippen molar-refractivity contribution in [2.24, 2.45) is 0 Å². The fourth-order valence-corrected chi connectivity index (χ4v) is 2.26. The summed E-state index contributed by atoms with van der Waals surface area (Å²) in [5.41, 5.74) is 2.16. The quantitative estimate of drug-likeness (QED) is 0.871. The lowest BCUT2D eigenvalue weighted by Crippen LogP contribution is -2.34. The van der Waals surface area contributed by atoms with Gasteiger partial charge in [-0.2, -0.15) is 0 Å². The van der Waals surface area contributed by atoms with Crippen molar-refractivity contribution in [3.05, 3.63) is 77.9 Å². The van der Waals surface area contributed by atoms with Gasteiger partial charge in [0.15, 0.2) is 0 Å². The Morgan fingerprint density at radius 3 is 2.19 bits per heavy atom. The molecule has 0 bridgehead atoms. The minimum absolute atomic E-state index is 0.0628. The molecule has 1 N–H and O–H groups in total. The predicted octanol–water partition coefficient (Wildman–Crippen LogP) is 3.75. The third kappa shape index (κ3) is 4.55. The zero-order chi connectivity index (χ0) is 15.1. The summed E-state index contributed by atoms with van der Waals surface area (Å²) < 4.78 is 0. The van der Waals surface area contributed by atoms with Crippen molar-refractivity contribution in [1.29, 1.82) is 0 Å². The summed E-state index contributed by atoms with van der Waals surface area (Å²) >= 11 is 0. The lowest BCUT2D eigenvalue weighted by Gasteiger charge is -2.28. The Morgan fingerprint density at radius 1 is 1.00 bits per heavy atom. The van der Waals surface area contributed by atoms with Gasteiger partial charge >= 0.3 is 0 Å². The van der Waals surface area contributed by atoms with Crippen LogP contribution in [0, 0.1) is 0 Å². The molecule has 2 atom stereocenters. The normalized spacial score (nSPS) is 14.5. The van der Waals surface area contributed by atoms with Crippen molar-refractivity contribution in [3.63, 3.8) is 0 Å². The maximum atomic E-state index is 10.4. The van der Waals surface area contributed by atoms with Gasteiger partial charge in [-0.25, -0.2) is 0 Å². The number of nitrogens with zero attached hydrogens (tertiary/aromatic N) is 1. The van der Waals surface area contributed by atoms with E-state index >= 15 is 0 Å². The van der Waals surface area contributed by atoms with Crippen LogP contribution in [0.2, 0.25) is 0 Å². The van der Waals surface area contributed by atoms with E-state index in [9.17, 15) is 5.11 Å². The third-order valence-electron chi connectivity index (χ3n) is 3.80. The molecular formula is C19H23NO. The highest BCUT2D eigenvalue weighted by atomic mass is 16.3. The Labute approximate surface area is 127 Å². The summed E-state index contributed by atoms with van der Waals surface area (Å²) in [4.78, 5) is 2.15. The summed E-state index contributed by atoms with van der Waals surface area (Å²) in [6, 6.07) is 20.1. The highest BCUT2D eigenvalue weighted by Gasteiger charge is 2.19. The van der Waals surface area contributed by atoms with Crippen molar-refractivity contribution in [1.82, 2.24) is 4.90 Å². The van der Waals surface area contributed by atoms with E-state index in [4.69, 9.17) is 0 Å². The minimum atomic E-state index is -0.471. The first-order chi connectivity index (χ1) is 10.2. The number of aliphatic hydroxyl groups is 1. The van der Waals surface area contributed by atoms with Crippen molar-refractivity contribution in [3.8, 4) is 0 Å². The van der Waals surface area contributed by atoms with Crippen LogP contribution in [-0.2, 0) is 0 Å². The van der Waals surface area contributed by atoms with E-state index in [0.717, 1.165) is 12.1 Å². The Hall–Kier alpha value is -1.90. The van der Waals surface area contributed by atoms with Gasteiger partial charge in [0.25, 0.3) is 0 Å². The molecule has 2 aromatic carbocycles. The SMILES string of the molecule is CC(C(O)c1ccccc1)N(C)C/C=C/c1ccccc1. The maximum Gasteiger partial charge on any atom is 0.0942 e. The summed E-state index contributed by atoms with van der Waals surface area (Å²) in [5.74, 6) is 0. The highest BCUT2D eigenvalue weighted by molar-refractivity contribution is 5.48. The first kappa shape index (κ1) is 15.5. The Morgan fingerprint density at radius 2 is 1.57 bits per heavy atom. The number of benzene rings is 2. The van der Waals surface area contributed by atoms with Gasteiger partial charge in [0.2, 0.25) is 0 Å². The van der Waals surface area contributed by atoms with Crippen molar-refractivity contribution >= 4 is 6.08 Å². The first-order valence-corrected chi connectivity index (χ1v) is 7.33. The maximum absolute atomic E-state index is 10.4. The number of rotatable bonds is 6. The Balaban J connectivity index is 1.91. The van der Waals surface area contributed by atoms with Crippen LogP contribution < -0.4 is 0 Å². The van der Waals surface area contributed by atoms with E-state index < -0.39 is 6.10 Å². The second-order valence-electron chi connectivity index (χ2n) is 5.35. The smallest absolute Gasteiger partial charge is 0.0942 e. The molecule has 0 radical (unpaired) electrons. The summed E-state index contributed by atoms with van der Waals surface area (Å²) in [6.07, 6.45) is 3.77. The molecule has 21 heavy (non-hydrogen) atoms. The van der Waals surface area contributed by atoms with Gasteiger partial charge in [-0.1, -0.05) is 72.8 Å². The molecule has 0 heterocycles. The average Bonchev–Trinajstić information content (AvgIpc) is 2.55. The Bertz CT molecular complexity index is 550. The van der Waals surface area contributed by atoms with E-state index in [0.29, 0.717) is 0 Å². The molecule has 0 fully saturated rings. The monoisotopic (exact) mass is 281 g/mol. The van der Waals surface area contributed by atoms with Gasteiger partial charge < -0.3 is 5.11 Å². The van der Waals surface area contributed by atoms with Crippen LogP contribution >= 0.6 is 0 Å². The van der Waals surface area contributed by atoms with E-state index in [1.54, 1.807) is 0 Å². The van der Waals surface area contributed by atoms with Gasteiger partial charge in [0.1, 0.15) is 0 Å². The molecule has 2 rings (SSSR count). The molecule has 0 saturated carbocycles. The first-order valence-electron chi connectivity index (χ1n) is 7.33. The van der Waals surface area contributed by atoms with Crippen LogP contribution in [-0.4, -0.2) is 29.6 Å². The third-order valence-corrected chi connectivity index (χ3v) is 3.80. The molecule has 2 aromatic rings. The van der Waals surface area contributed by atoms with Crippen LogP contribution in [0.4, 0.5) is 0 Å². The summed E-state index contributed by atoms with van der Waals surface area (Å²) in [7, 11) is 2.03. The van der Waals surface area contributed by atoms with E-state index in [-0.39, 0.29) is 6.04 Å². The second kappa shape index (κ2) is 7.77. The molecule has 2 heteroatoms. The lowest BCUT2D eigenvalue weighted by molar-refractivity contribution is 0.0787. The Kier molecular flexibility index (Phi) is 5.73. The zero-order valence-corrected chi connectivity index (χ0v) is 12.7. The van der Waals surface area contributed by atoms with Gasteiger partial charge in [0.05, 0.1) is 6.10 Å². The second-order valence-corrected chi connectivity index (χ2v) is 5.35. The molecule has 0 aromatic heterocycles.